The van der Waals surface area contributed by atoms with Gasteiger partial charge in [0.15, 0.2) is 11.6 Å². The number of sulfonamides is 1. The molecule has 32 heavy (non-hydrogen) atoms. The lowest BCUT2D eigenvalue weighted by Crippen LogP contribution is -2.41. The van der Waals surface area contributed by atoms with E-state index in [9.17, 15) is 31.2 Å². The highest BCUT2D eigenvalue weighted by Crippen LogP contribution is 2.28. The average Bonchev–Trinajstić information content (AvgIpc) is 2.71. The number of primary sulfonamides is 1. The van der Waals surface area contributed by atoms with E-state index in [4.69, 9.17) is 5.14 Å². The third-order valence-electron chi connectivity index (χ3n) is 4.88. The smallest absolute Gasteiger partial charge is 0.322 e. The summed E-state index contributed by atoms with van der Waals surface area (Å²) in [5.41, 5.74) is -0.384. The minimum absolute atomic E-state index is 0.0512. The first-order valence-electron chi connectivity index (χ1n) is 9.31. The van der Waals surface area contributed by atoms with Crippen molar-refractivity contribution in [2.75, 3.05) is 17.6 Å². The molecular weight excluding hydrogens is 449 g/mol. The van der Waals surface area contributed by atoms with Crippen LogP contribution in [0.2, 0.25) is 0 Å². The number of aromatic nitrogens is 1. The highest BCUT2D eigenvalue weighted by atomic mass is 32.2. The molecule has 2 amide bonds. The number of benzene rings is 2. The van der Waals surface area contributed by atoms with Gasteiger partial charge in [0, 0.05) is 18.4 Å². The molecule has 0 saturated heterocycles. The van der Waals surface area contributed by atoms with Gasteiger partial charge in [0.1, 0.15) is 5.82 Å². The summed E-state index contributed by atoms with van der Waals surface area (Å²) >= 11 is 0. The van der Waals surface area contributed by atoms with E-state index in [1.165, 1.54) is 31.3 Å². The first-order valence-corrected chi connectivity index (χ1v) is 11.0. The predicted octanol–water partition coefficient (Wildman–Crippen LogP) is 2.83. The van der Waals surface area contributed by atoms with Crippen LogP contribution in [0.3, 0.4) is 0 Å². The highest BCUT2D eigenvalue weighted by molar-refractivity contribution is 7.89. The molecule has 0 fully saturated rings. The molecule has 2 aromatic carbocycles. The minimum Gasteiger partial charge on any atom is -0.328 e. The molecule has 0 aliphatic carbocycles. The van der Waals surface area contributed by atoms with Gasteiger partial charge in [-0.2, -0.15) is 0 Å². The van der Waals surface area contributed by atoms with Crippen LogP contribution in [0.1, 0.15) is 18.5 Å². The van der Waals surface area contributed by atoms with Crippen molar-refractivity contribution in [1.82, 2.24) is 9.88 Å². The molecule has 0 saturated carbocycles. The van der Waals surface area contributed by atoms with Crippen LogP contribution >= 0.6 is 0 Å². The molecule has 3 aromatic rings. The standard InChI is InChI=1S/C20H19F3N4O4S/c1-11(15-10-25-19(28)17-14(15)6-7-16(22)18(17)23)27(8-9-32(24,30)31)20(29)26-13-4-2-12(21)3-5-13/h2-7,10-11H,8-9H2,1H3,(H,25,28)(H,26,29)(H2,24,30,31)/t11-/m1/s1. The SMILES string of the molecule is C[C@H](c1c[nH]c(=O)c2c(F)c(F)ccc12)N(CCS(N)(=O)=O)C(=O)Nc1ccc(F)cc1. The van der Waals surface area contributed by atoms with E-state index in [-0.39, 0.29) is 23.2 Å². The number of carbonyl (C=O) groups is 1. The van der Waals surface area contributed by atoms with Gasteiger partial charge in [-0.15, -0.1) is 0 Å². The Kier molecular flexibility index (Phi) is 6.55. The molecule has 1 atom stereocenters. The Morgan fingerprint density at radius 3 is 2.44 bits per heavy atom. The summed E-state index contributed by atoms with van der Waals surface area (Å²) < 4.78 is 64.1. The zero-order chi connectivity index (χ0) is 23.6. The van der Waals surface area contributed by atoms with Crippen molar-refractivity contribution in [3.05, 3.63) is 76.0 Å². The Labute approximate surface area is 180 Å². The second kappa shape index (κ2) is 9.01. The molecule has 0 aliphatic heterocycles. The molecule has 8 nitrogen and oxygen atoms in total. The maximum atomic E-state index is 14.3. The predicted molar refractivity (Wildman–Crippen MR) is 113 cm³/mol. The number of halogens is 3. The van der Waals surface area contributed by atoms with Gasteiger partial charge in [-0.25, -0.2) is 31.5 Å². The minimum atomic E-state index is -3.95. The van der Waals surface area contributed by atoms with E-state index < -0.39 is 56.2 Å². The second-order valence-corrected chi connectivity index (χ2v) is 8.76. The third-order valence-corrected chi connectivity index (χ3v) is 5.63. The zero-order valence-electron chi connectivity index (χ0n) is 16.7. The number of nitrogens with one attached hydrogen (secondary N) is 2. The zero-order valence-corrected chi connectivity index (χ0v) is 17.5. The average molecular weight is 468 g/mol. The van der Waals surface area contributed by atoms with Crippen LogP contribution in [0.5, 0.6) is 0 Å². The number of anilines is 1. The number of carbonyl (C=O) groups excluding carboxylic acids is 1. The van der Waals surface area contributed by atoms with Gasteiger partial charge in [0.2, 0.25) is 10.0 Å². The summed E-state index contributed by atoms with van der Waals surface area (Å²) in [5.74, 6) is -3.66. The van der Waals surface area contributed by atoms with Crippen molar-refractivity contribution in [2.45, 2.75) is 13.0 Å². The first kappa shape index (κ1) is 23.3. The van der Waals surface area contributed by atoms with E-state index in [0.29, 0.717) is 0 Å². The van der Waals surface area contributed by atoms with Crippen LogP contribution in [0.4, 0.5) is 23.7 Å². The maximum Gasteiger partial charge on any atom is 0.322 e. The van der Waals surface area contributed by atoms with E-state index in [0.717, 1.165) is 23.1 Å². The lowest BCUT2D eigenvalue weighted by atomic mass is 10.0. The summed E-state index contributed by atoms with van der Waals surface area (Å²) in [4.78, 5) is 28.4. The number of amides is 2. The quantitative estimate of drug-likeness (QED) is 0.514. The fourth-order valence-electron chi connectivity index (χ4n) is 3.25. The molecule has 0 aliphatic rings. The maximum absolute atomic E-state index is 14.3. The fourth-order valence-corrected chi connectivity index (χ4v) is 3.70. The van der Waals surface area contributed by atoms with Crippen molar-refractivity contribution in [1.29, 1.82) is 0 Å². The van der Waals surface area contributed by atoms with Gasteiger partial charge in [0.05, 0.1) is 17.2 Å². The molecule has 0 unspecified atom stereocenters. The van der Waals surface area contributed by atoms with Crippen LogP contribution in [0, 0.1) is 17.5 Å². The number of nitrogens with zero attached hydrogens (tertiary/aromatic N) is 1. The highest BCUT2D eigenvalue weighted by Gasteiger charge is 2.26. The number of hydrogen-bond acceptors (Lipinski definition) is 4. The van der Waals surface area contributed by atoms with Crippen LogP contribution in [-0.2, 0) is 10.0 Å². The van der Waals surface area contributed by atoms with Gasteiger partial charge < -0.3 is 15.2 Å². The van der Waals surface area contributed by atoms with Crippen molar-refractivity contribution in [3.63, 3.8) is 0 Å². The Morgan fingerprint density at radius 2 is 1.81 bits per heavy atom. The van der Waals surface area contributed by atoms with E-state index in [1.807, 2.05) is 0 Å². The van der Waals surface area contributed by atoms with Crippen LogP contribution in [-0.4, -0.2) is 36.6 Å². The molecule has 0 bridgehead atoms. The third kappa shape index (κ3) is 5.08. The Morgan fingerprint density at radius 1 is 1.16 bits per heavy atom. The molecule has 12 heteroatoms. The van der Waals surface area contributed by atoms with Crippen molar-refractivity contribution in [2.24, 2.45) is 5.14 Å². The van der Waals surface area contributed by atoms with Gasteiger partial charge in [0.25, 0.3) is 5.56 Å². The normalized spacial score (nSPS) is 12.5. The molecule has 0 spiro atoms. The summed E-state index contributed by atoms with van der Waals surface area (Å²) in [6.45, 7) is 1.17. The number of rotatable bonds is 6. The summed E-state index contributed by atoms with van der Waals surface area (Å²) in [6.07, 6.45) is 1.24. The number of pyridine rings is 1. The molecule has 3 rings (SSSR count). The molecule has 1 heterocycles. The summed E-state index contributed by atoms with van der Waals surface area (Å²) in [7, 11) is -3.95. The van der Waals surface area contributed by atoms with E-state index in [1.54, 1.807) is 0 Å². The Bertz CT molecular complexity index is 1330. The molecule has 0 radical (unpaired) electrons. The van der Waals surface area contributed by atoms with Gasteiger partial charge in [-0.3, -0.25) is 4.79 Å². The summed E-state index contributed by atoms with van der Waals surface area (Å²) in [5, 5.41) is 7.11. The molecule has 170 valence electrons. The van der Waals surface area contributed by atoms with Crippen LogP contribution in [0.25, 0.3) is 10.8 Å². The number of H-pyrrole nitrogens is 1. The van der Waals surface area contributed by atoms with E-state index in [2.05, 4.69) is 10.3 Å². The number of urea groups is 1. The van der Waals surface area contributed by atoms with Crippen molar-refractivity contribution < 1.29 is 26.4 Å². The number of hydrogen-bond donors (Lipinski definition) is 3. The van der Waals surface area contributed by atoms with Crippen molar-refractivity contribution >= 4 is 32.5 Å². The van der Waals surface area contributed by atoms with Gasteiger partial charge in [-0.1, -0.05) is 6.07 Å². The Hall–Kier alpha value is -3.38. The topological polar surface area (TPSA) is 125 Å². The molecular formula is C20H19F3N4O4S. The summed E-state index contributed by atoms with van der Waals surface area (Å²) in [6, 6.07) is 5.26. The van der Waals surface area contributed by atoms with Crippen molar-refractivity contribution in [3.8, 4) is 0 Å². The Balaban J connectivity index is 2.03. The largest absolute Gasteiger partial charge is 0.328 e. The second-order valence-electron chi connectivity index (χ2n) is 7.03. The van der Waals surface area contributed by atoms with Gasteiger partial charge in [-0.05, 0) is 48.2 Å². The first-order chi connectivity index (χ1) is 15.0. The van der Waals surface area contributed by atoms with Crippen LogP contribution < -0.4 is 16.0 Å². The van der Waals surface area contributed by atoms with Crippen LogP contribution in [0.15, 0.2) is 47.4 Å². The molecule has 4 N–H and O–H groups in total. The number of fused-ring (bicyclic) bond motifs is 1. The van der Waals surface area contributed by atoms with Gasteiger partial charge >= 0.3 is 6.03 Å². The lowest BCUT2D eigenvalue weighted by molar-refractivity contribution is 0.197. The molecule has 1 aromatic heterocycles. The fraction of sp³-hybridized carbons (Fsp3) is 0.200. The lowest BCUT2D eigenvalue weighted by Gasteiger charge is -2.30. The number of nitrogens with two attached hydrogens (primary N) is 1. The number of aromatic amines is 1. The van der Waals surface area contributed by atoms with E-state index >= 15 is 0 Å². The monoisotopic (exact) mass is 468 g/mol.